The monoisotopic (exact) mass is 449 g/mol. The number of aryl methyl sites for hydroxylation is 2. The summed E-state index contributed by atoms with van der Waals surface area (Å²) >= 11 is 6.09. The van der Waals surface area contributed by atoms with Gasteiger partial charge in [0, 0.05) is 11.2 Å². The van der Waals surface area contributed by atoms with Crippen LogP contribution in [0.3, 0.4) is 0 Å². The highest BCUT2D eigenvalue weighted by Crippen LogP contribution is 2.22. The molecule has 2 heterocycles. The van der Waals surface area contributed by atoms with E-state index in [9.17, 15) is 4.79 Å². The number of halogens is 1. The zero-order valence-corrected chi connectivity index (χ0v) is 18.9. The fourth-order valence-electron chi connectivity index (χ4n) is 3.43. The highest BCUT2D eigenvalue weighted by atomic mass is 35.5. The number of ether oxygens (including phenoxy) is 1. The Kier molecular flexibility index (Phi) is 6.28. The lowest BCUT2D eigenvalue weighted by Crippen LogP contribution is -2.15. The predicted octanol–water partition coefficient (Wildman–Crippen LogP) is 5.00. The van der Waals surface area contributed by atoms with E-state index in [1.165, 1.54) is 0 Å². The van der Waals surface area contributed by atoms with Crippen molar-refractivity contribution in [1.29, 1.82) is 0 Å². The number of anilines is 1. The van der Waals surface area contributed by atoms with E-state index >= 15 is 0 Å². The van der Waals surface area contributed by atoms with Crippen molar-refractivity contribution in [2.24, 2.45) is 0 Å². The Hall–Kier alpha value is -3.58. The van der Waals surface area contributed by atoms with Gasteiger partial charge >= 0.3 is 0 Å². The molecule has 0 spiro atoms. The third kappa shape index (κ3) is 4.84. The summed E-state index contributed by atoms with van der Waals surface area (Å²) in [6, 6.07) is 17.1. The summed E-state index contributed by atoms with van der Waals surface area (Å²) in [7, 11) is 0. The van der Waals surface area contributed by atoms with Crippen LogP contribution in [-0.4, -0.2) is 25.5 Å². The molecule has 2 aromatic carbocycles. The SMILES string of the molecule is Cc1ccccc1OCn1ccc(C(=O)Nc2c(C)nn(Cc3cccc(Cl)c3)c2C)n1. The highest BCUT2D eigenvalue weighted by Gasteiger charge is 2.17. The highest BCUT2D eigenvalue weighted by molar-refractivity contribution is 6.30. The molecule has 1 amide bonds. The van der Waals surface area contributed by atoms with Crippen molar-refractivity contribution in [3.8, 4) is 5.75 Å². The van der Waals surface area contributed by atoms with Crippen LogP contribution < -0.4 is 10.1 Å². The number of aromatic nitrogens is 4. The Balaban J connectivity index is 1.43. The van der Waals surface area contributed by atoms with Gasteiger partial charge in [-0.05, 0) is 56.2 Å². The molecule has 0 fully saturated rings. The number of rotatable bonds is 7. The number of para-hydroxylation sites is 1. The smallest absolute Gasteiger partial charge is 0.276 e. The van der Waals surface area contributed by atoms with Gasteiger partial charge in [0.25, 0.3) is 5.91 Å². The van der Waals surface area contributed by atoms with Gasteiger partial charge in [-0.25, -0.2) is 4.68 Å². The van der Waals surface area contributed by atoms with E-state index in [4.69, 9.17) is 16.3 Å². The van der Waals surface area contributed by atoms with Gasteiger partial charge in [-0.3, -0.25) is 9.48 Å². The van der Waals surface area contributed by atoms with Gasteiger partial charge in [0.15, 0.2) is 12.4 Å². The molecule has 0 aliphatic carbocycles. The molecule has 0 bridgehead atoms. The van der Waals surface area contributed by atoms with E-state index in [1.807, 2.05) is 74.0 Å². The lowest BCUT2D eigenvalue weighted by atomic mass is 10.2. The van der Waals surface area contributed by atoms with Gasteiger partial charge in [-0.15, -0.1) is 0 Å². The number of carbonyl (C=O) groups excluding carboxylic acids is 1. The number of amides is 1. The molecule has 0 saturated carbocycles. The molecular weight excluding hydrogens is 426 g/mol. The van der Waals surface area contributed by atoms with Crippen molar-refractivity contribution in [3.05, 3.63) is 94.0 Å². The number of benzene rings is 2. The predicted molar refractivity (Wildman–Crippen MR) is 124 cm³/mol. The quantitative estimate of drug-likeness (QED) is 0.431. The normalized spacial score (nSPS) is 10.9. The van der Waals surface area contributed by atoms with Crippen molar-refractivity contribution in [1.82, 2.24) is 19.6 Å². The molecule has 8 heteroatoms. The third-order valence-electron chi connectivity index (χ3n) is 5.16. The fraction of sp³-hybridized carbons (Fsp3) is 0.208. The van der Waals surface area contributed by atoms with Crippen LogP contribution in [-0.2, 0) is 13.3 Å². The number of nitrogens with zero attached hydrogens (tertiary/aromatic N) is 4. The molecule has 0 aliphatic rings. The first-order chi connectivity index (χ1) is 15.4. The largest absolute Gasteiger partial charge is 0.471 e. The second-order valence-corrected chi connectivity index (χ2v) is 8.00. The standard InChI is InChI=1S/C24H24ClN5O2/c1-16-7-4-5-10-22(16)32-15-29-12-11-21(28-29)24(31)26-23-17(2)27-30(18(23)3)14-19-8-6-9-20(25)13-19/h4-13H,14-15H2,1-3H3,(H,26,31). The topological polar surface area (TPSA) is 74.0 Å². The zero-order valence-electron chi connectivity index (χ0n) is 18.2. The maximum Gasteiger partial charge on any atom is 0.276 e. The van der Waals surface area contributed by atoms with Crippen LogP contribution in [0.25, 0.3) is 0 Å². The zero-order chi connectivity index (χ0) is 22.7. The molecular formula is C24H24ClN5O2. The molecule has 0 saturated heterocycles. The minimum absolute atomic E-state index is 0.216. The van der Waals surface area contributed by atoms with Crippen molar-refractivity contribution in [2.45, 2.75) is 34.0 Å². The Bertz CT molecular complexity index is 1260. The molecule has 0 radical (unpaired) electrons. The van der Waals surface area contributed by atoms with Crippen LogP contribution in [0.5, 0.6) is 5.75 Å². The Morgan fingerprint density at radius 1 is 1.06 bits per heavy atom. The fourth-order valence-corrected chi connectivity index (χ4v) is 3.64. The second kappa shape index (κ2) is 9.28. The van der Waals surface area contributed by atoms with E-state index in [1.54, 1.807) is 16.9 Å². The maximum absolute atomic E-state index is 12.8. The number of carbonyl (C=O) groups is 1. The Morgan fingerprint density at radius 2 is 1.88 bits per heavy atom. The molecule has 0 aliphatic heterocycles. The van der Waals surface area contributed by atoms with Gasteiger partial charge in [-0.1, -0.05) is 41.9 Å². The van der Waals surface area contributed by atoms with Gasteiger partial charge < -0.3 is 10.1 Å². The number of nitrogens with one attached hydrogen (secondary N) is 1. The first-order valence-electron chi connectivity index (χ1n) is 10.2. The van der Waals surface area contributed by atoms with Crippen molar-refractivity contribution in [3.63, 3.8) is 0 Å². The summed E-state index contributed by atoms with van der Waals surface area (Å²) in [5, 5.41) is 12.5. The summed E-state index contributed by atoms with van der Waals surface area (Å²) in [5.41, 5.74) is 4.66. The van der Waals surface area contributed by atoms with Crippen LogP contribution in [0.2, 0.25) is 5.02 Å². The summed E-state index contributed by atoms with van der Waals surface area (Å²) in [5.74, 6) is 0.487. The molecule has 164 valence electrons. The summed E-state index contributed by atoms with van der Waals surface area (Å²) in [6.07, 6.45) is 1.72. The third-order valence-corrected chi connectivity index (χ3v) is 5.40. The molecule has 2 aromatic heterocycles. The van der Waals surface area contributed by atoms with Gasteiger partial charge in [-0.2, -0.15) is 10.2 Å². The number of hydrogen-bond acceptors (Lipinski definition) is 4. The minimum atomic E-state index is -0.298. The Labute approximate surface area is 191 Å². The van der Waals surface area contributed by atoms with Crippen LogP contribution in [0.1, 0.15) is 33.0 Å². The lowest BCUT2D eigenvalue weighted by Gasteiger charge is -2.08. The summed E-state index contributed by atoms with van der Waals surface area (Å²) in [6.45, 7) is 6.55. The average molecular weight is 450 g/mol. The van der Waals surface area contributed by atoms with Crippen LogP contribution in [0.4, 0.5) is 5.69 Å². The van der Waals surface area contributed by atoms with Crippen molar-refractivity contribution < 1.29 is 9.53 Å². The minimum Gasteiger partial charge on any atom is -0.471 e. The van der Waals surface area contributed by atoms with E-state index in [0.717, 1.165) is 28.3 Å². The van der Waals surface area contributed by atoms with E-state index < -0.39 is 0 Å². The first kappa shape index (κ1) is 21.6. The maximum atomic E-state index is 12.8. The molecule has 32 heavy (non-hydrogen) atoms. The number of hydrogen-bond donors (Lipinski definition) is 1. The second-order valence-electron chi connectivity index (χ2n) is 7.57. The van der Waals surface area contributed by atoms with Crippen LogP contribution in [0, 0.1) is 20.8 Å². The van der Waals surface area contributed by atoms with Gasteiger partial charge in [0.1, 0.15) is 5.75 Å². The van der Waals surface area contributed by atoms with E-state index in [0.29, 0.717) is 22.9 Å². The Morgan fingerprint density at radius 3 is 2.66 bits per heavy atom. The van der Waals surface area contributed by atoms with Gasteiger partial charge in [0.2, 0.25) is 0 Å². The molecule has 4 rings (SSSR count). The summed E-state index contributed by atoms with van der Waals surface area (Å²) in [4.78, 5) is 12.8. The first-order valence-corrected chi connectivity index (χ1v) is 10.6. The van der Waals surface area contributed by atoms with E-state index in [2.05, 4.69) is 15.5 Å². The molecule has 7 nitrogen and oxygen atoms in total. The lowest BCUT2D eigenvalue weighted by molar-refractivity contribution is 0.102. The van der Waals surface area contributed by atoms with Crippen molar-refractivity contribution in [2.75, 3.05) is 5.32 Å². The average Bonchev–Trinajstić information content (AvgIpc) is 3.34. The van der Waals surface area contributed by atoms with Crippen LogP contribution >= 0.6 is 11.6 Å². The van der Waals surface area contributed by atoms with Crippen LogP contribution in [0.15, 0.2) is 60.8 Å². The molecule has 0 unspecified atom stereocenters. The van der Waals surface area contributed by atoms with E-state index in [-0.39, 0.29) is 12.6 Å². The molecule has 0 atom stereocenters. The molecule has 4 aromatic rings. The summed E-state index contributed by atoms with van der Waals surface area (Å²) < 4.78 is 9.23. The van der Waals surface area contributed by atoms with Crippen molar-refractivity contribution >= 4 is 23.2 Å². The van der Waals surface area contributed by atoms with Gasteiger partial charge in [0.05, 0.1) is 23.6 Å². The molecule has 1 N–H and O–H groups in total.